The van der Waals surface area contributed by atoms with Crippen molar-refractivity contribution >= 4 is 18.0 Å². The van der Waals surface area contributed by atoms with E-state index in [0.717, 1.165) is 0 Å². The number of carbonyl (C=O) groups is 3. The van der Waals surface area contributed by atoms with Gasteiger partial charge in [-0.3, -0.25) is 4.79 Å². The zero-order valence-corrected chi connectivity index (χ0v) is 21.0. The molecule has 0 bridgehead atoms. The smallest absolute Gasteiger partial charge is 0.407 e. The molecule has 0 aliphatic heterocycles. The van der Waals surface area contributed by atoms with Gasteiger partial charge in [-0.2, -0.15) is 0 Å². The van der Waals surface area contributed by atoms with Crippen LogP contribution in [-0.2, 0) is 14.3 Å². The minimum absolute atomic E-state index is 0.0216. The monoisotopic (exact) mass is 480 g/mol. The van der Waals surface area contributed by atoms with E-state index in [4.69, 9.17) is 4.74 Å². The van der Waals surface area contributed by atoms with Crippen molar-refractivity contribution in [3.05, 3.63) is 59.7 Å². The summed E-state index contributed by atoms with van der Waals surface area (Å²) in [7, 11) is 0. The maximum Gasteiger partial charge on any atom is 0.407 e. The van der Waals surface area contributed by atoms with Gasteiger partial charge in [-0.05, 0) is 46.4 Å². The van der Waals surface area contributed by atoms with Crippen LogP contribution in [-0.4, -0.2) is 42.3 Å². The fourth-order valence-electron chi connectivity index (χ4n) is 4.47. The average molecular weight is 481 g/mol. The van der Waals surface area contributed by atoms with Crippen molar-refractivity contribution in [2.24, 2.45) is 11.3 Å². The van der Waals surface area contributed by atoms with Gasteiger partial charge in [0.25, 0.3) is 0 Å². The lowest BCUT2D eigenvalue weighted by Gasteiger charge is -2.27. The fourth-order valence-corrected chi connectivity index (χ4v) is 4.47. The Morgan fingerprint density at radius 2 is 1.54 bits per heavy atom. The van der Waals surface area contributed by atoms with E-state index < -0.39 is 23.5 Å². The summed E-state index contributed by atoms with van der Waals surface area (Å²) in [5.74, 6) is -1.10. The molecule has 3 rings (SSSR count). The molecule has 0 saturated carbocycles. The van der Waals surface area contributed by atoms with Crippen molar-refractivity contribution in [2.75, 3.05) is 13.2 Å². The van der Waals surface area contributed by atoms with Gasteiger partial charge in [-0.1, -0.05) is 76.2 Å². The largest absolute Gasteiger partial charge is 0.480 e. The first kappa shape index (κ1) is 26.3. The van der Waals surface area contributed by atoms with Crippen LogP contribution in [0.25, 0.3) is 11.1 Å². The maximum absolute atomic E-state index is 12.3. The summed E-state index contributed by atoms with van der Waals surface area (Å²) >= 11 is 0. The molecule has 2 atom stereocenters. The zero-order valence-electron chi connectivity index (χ0n) is 21.0. The van der Waals surface area contributed by atoms with Gasteiger partial charge < -0.3 is 20.5 Å². The lowest BCUT2D eigenvalue weighted by Crippen LogP contribution is -2.49. The molecule has 0 heterocycles. The number of carboxylic acids is 1. The zero-order chi connectivity index (χ0) is 25.6. The third-order valence-corrected chi connectivity index (χ3v) is 6.53. The topological polar surface area (TPSA) is 105 Å². The molecule has 0 aromatic heterocycles. The van der Waals surface area contributed by atoms with Gasteiger partial charge in [0.05, 0.1) is 0 Å². The molecule has 7 heteroatoms. The Labute approximate surface area is 207 Å². The van der Waals surface area contributed by atoms with Crippen molar-refractivity contribution < 1.29 is 24.2 Å². The Morgan fingerprint density at radius 3 is 2.09 bits per heavy atom. The van der Waals surface area contributed by atoms with Crippen LogP contribution in [0.3, 0.4) is 0 Å². The van der Waals surface area contributed by atoms with E-state index in [2.05, 4.69) is 34.9 Å². The van der Waals surface area contributed by atoms with Gasteiger partial charge in [0.15, 0.2) is 0 Å². The number of aliphatic carboxylic acids is 1. The van der Waals surface area contributed by atoms with E-state index in [1.54, 1.807) is 20.8 Å². The Morgan fingerprint density at radius 1 is 0.971 bits per heavy atom. The number of fused-ring (bicyclic) bond motifs is 3. The number of rotatable bonds is 10. The number of nitrogens with one attached hydrogen (secondary N) is 2. The second-order valence-electron chi connectivity index (χ2n) is 10.4. The van der Waals surface area contributed by atoms with Crippen LogP contribution in [0, 0.1) is 11.3 Å². The van der Waals surface area contributed by atoms with E-state index in [9.17, 15) is 19.5 Å². The number of benzene rings is 2. The lowest BCUT2D eigenvalue weighted by molar-refractivity contribution is -0.145. The lowest BCUT2D eigenvalue weighted by atomic mass is 9.86. The molecule has 0 fully saturated rings. The predicted octanol–water partition coefficient (Wildman–Crippen LogP) is 4.95. The molecule has 188 valence electrons. The van der Waals surface area contributed by atoms with Gasteiger partial charge >= 0.3 is 12.1 Å². The summed E-state index contributed by atoms with van der Waals surface area (Å²) in [6.07, 6.45) is 1.09. The summed E-state index contributed by atoms with van der Waals surface area (Å²) < 4.78 is 5.55. The fraction of sp³-hybridized carbons (Fsp3) is 0.464. The number of carboxylic acid groups (broad SMARTS) is 1. The second-order valence-corrected chi connectivity index (χ2v) is 10.4. The summed E-state index contributed by atoms with van der Waals surface area (Å²) in [5.41, 5.74) is 4.15. The number of amides is 2. The van der Waals surface area contributed by atoms with Crippen LogP contribution in [0.2, 0.25) is 0 Å². The van der Waals surface area contributed by atoms with Crippen LogP contribution in [0.5, 0.6) is 0 Å². The minimum Gasteiger partial charge on any atom is -0.480 e. The normalized spacial score (nSPS) is 14.4. The first-order chi connectivity index (χ1) is 16.6. The molecule has 2 amide bonds. The van der Waals surface area contributed by atoms with Gasteiger partial charge in [0.2, 0.25) is 5.91 Å². The number of alkyl carbamates (subject to hydrolysis) is 1. The molecule has 0 radical (unpaired) electrons. The maximum atomic E-state index is 12.3. The summed E-state index contributed by atoms with van der Waals surface area (Å²) in [5, 5.41) is 14.8. The summed E-state index contributed by atoms with van der Waals surface area (Å²) in [6, 6.07) is 15.5. The number of hydrogen-bond donors (Lipinski definition) is 3. The first-order valence-corrected chi connectivity index (χ1v) is 12.2. The third-order valence-electron chi connectivity index (χ3n) is 6.53. The van der Waals surface area contributed by atoms with Crippen LogP contribution in [0.4, 0.5) is 4.79 Å². The number of carbonyl (C=O) groups excluding carboxylic acids is 2. The highest BCUT2D eigenvalue weighted by atomic mass is 16.5. The van der Waals surface area contributed by atoms with E-state index in [1.807, 2.05) is 31.2 Å². The highest BCUT2D eigenvalue weighted by molar-refractivity contribution is 5.84. The van der Waals surface area contributed by atoms with Crippen LogP contribution in [0.15, 0.2) is 48.5 Å². The van der Waals surface area contributed by atoms with Crippen LogP contribution < -0.4 is 10.6 Å². The second kappa shape index (κ2) is 11.4. The Bertz CT molecular complexity index is 1010. The van der Waals surface area contributed by atoms with Gasteiger partial charge in [-0.15, -0.1) is 0 Å². The highest BCUT2D eigenvalue weighted by Crippen LogP contribution is 2.44. The molecule has 1 unspecified atom stereocenters. The average Bonchev–Trinajstić information content (AvgIpc) is 3.12. The Kier molecular flexibility index (Phi) is 8.54. The van der Waals surface area contributed by atoms with Crippen molar-refractivity contribution in [3.8, 4) is 11.1 Å². The number of ether oxygens (including phenoxy) is 1. The molecular formula is C28H36N2O5. The standard InChI is InChI=1S/C28H36N2O5/c1-18(13-14-24(31)30-25(26(32)33)28(2,3)4)15-16-29-27(34)35-17-23-21-11-7-5-9-19(21)20-10-6-8-12-22(20)23/h5-12,18,23,25H,13-17H2,1-4H3,(H,29,34)(H,30,31)(H,32,33)/t18?,25-/m0/s1. The first-order valence-electron chi connectivity index (χ1n) is 12.2. The van der Waals surface area contributed by atoms with E-state index in [0.29, 0.717) is 19.4 Å². The van der Waals surface area contributed by atoms with E-state index in [-0.39, 0.29) is 30.8 Å². The molecule has 1 aliphatic carbocycles. The van der Waals surface area contributed by atoms with Crippen molar-refractivity contribution in [1.82, 2.24) is 10.6 Å². The quantitative estimate of drug-likeness (QED) is 0.446. The van der Waals surface area contributed by atoms with Crippen LogP contribution in [0.1, 0.15) is 64.0 Å². The van der Waals surface area contributed by atoms with Crippen LogP contribution >= 0.6 is 0 Å². The molecule has 1 aliphatic rings. The van der Waals surface area contributed by atoms with Gasteiger partial charge in [0.1, 0.15) is 12.6 Å². The van der Waals surface area contributed by atoms with Gasteiger partial charge in [-0.25, -0.2) is 9.59 Å². The van der Waals surface area contributed by atoms with Crippen molar-refractivity contribution in [1.29, 1.82) is 0 Å². The van der Waals surface area contributed by atoms with Gasteiger partial charge in [0, 0.05) is 18.9 Å². The molecule has 2 aromatic carbocycles. The van der Waals surface area contributed by atoms with E-state index >= 15 is 0 Å². The van der Waals surface area contributed by atoms with Crippen molar-refractivity contribution in [3.63, 3.8) is 0 Å². The summed E-state index contributed by atoms with van der Waals surface area (Å²) in [4.78, 5) is 35.9. The molecule has 7 nitrogen and oxygen atoms in total. The van der Waals surface area contributed by atoms with E-state index in [1.165, 1.54) is 22.3 Å². The molecule has 2 aromatic rings. The summed E-state index contributed by atoms with van der Waals surface area (Å²) in [6.45, 7) is 8.06. The van der Waals surface area contributed by atoms with Crippen molar-refractivity contribution in [2.45, 2.75) is 58.9 Å². The highest BCUT2D eigenvalue weighted by Gasteiger charge is 2.32. The molecule has 0 spiro atoms. The predicted molar refractivity (Wildman–Crippen MR) is 135 cm³/mol. The Balaban J connectivity index is 1.39. The molecule has 3 N–H and O–H groups in total. The number of hydrogen-bond acceptors (Lipinski definition) is 4. The molecular weight excluding hydrogens is 444 g/mol. The SMILES string of the molecule is CC(CCNC(=O)OCC1c2ccccc2-c2ccccc21)CCC(=O)N[C@@H](C(=O)O)C(C)(C)C. The molecule has 0 saturated heterocycles. The molecule has 35 heavy (non-hydrogen) atoms. The Hall–Kier alpha value is -3.35. The minimum atomic E-state index is -1.04. The third kappa shape index (κ3) is 6.84.